The summed E-state index contributed by atoms with van der Waals surface area (Å²) in [5.41, 5.74) is 4.39. The minimum Gasteiger partial charge on any atom is -0.494 e. The summed E-state index contributed by atoms with van der Waals surface area (Å²) in [5.74, 6) is -0.00759. The Morgan fingerprint density at radius 1 is 0.917 bits per heavy atom. The van der Waals surface area contributed by atoms with Crippen LogP contribution in [0.5, 0.6) is 5.75 Å². The van der Waals surface area contributed by atoms with Gasteiger partial charge in [0, 0.05) is 5.92 Å². The molecule has 0 aromatic heterocycles. The third-order valence-electron chi connectivity index (χ3n) is 7.60. The maximum absolute atomic E-state index is 12.8. The summed E-state index contributed by atoms with van der Waals surface area (Å²) in [5, 5.41) is 12.8. The van der Waals surface area contributed by atoms with E-state index in [4.69, 9.17) is 9.47 Å². The van der Waals surface area contributed by atoms with Crippen LogP contribution in [0.2, 0.25) is 0 Å². The Morgan fingerprint density at radius 3 is 2.06 bits per heavy atom. The molecule has 2 N–H and O–H groups in total. The number of fused-ring (bicyclic) bond motifs is 3. The molecule has 5 rings (SSSR count). The van der Waals surface area contributed by atoms with Gasteiger partial charge in [0.25, 0.3) is 0 Å². The Labute approximate surface area is 211 Å². The third kappa shape index (κ3) is 4.55. The van der Waals surface area contributed by atoms with Gasteiger partial charge in [-0.25, -0.2) is 9.59 Å². The molecule has 1 amide bonds. The van der Waals surface area contributed by atoms with Crippen LogP contribution in [0.25, 0.3) is 11.1 Å². The monoisotopic (exact) mass is 485 g/mol. The van der Waals surface area contributed by atoms with Gasteiger partial charge in [0.15, 0.2) is 0 Å². The molecular formula is C30H31NO5. The zero-order chi connectivity index (χ0) is 25.1. The first-order valence-electron chi connectivity index (χ1n) is 12.6. The van der Waals surface area contributed by atoms with Gasteiger partial charge < -0.3 is 19.9 Å². The van der Waals surface area contributed by atoms with Gasteiger partial charge >= 0.3 is 12.1 Å². The second-order valence-electron chi connectivity index (χ2n) is 9.61. The molecule has 0 unspecified atom stereocenters. The fraction of sp³-hybridized carbons (Fsp3) is 0.333. The van der Waals surface area contributed by atoms with Crippen LogP contribution < -0.4 is 10.1 Å². The minimum atomic E-state index is -1.32. The van der Waals surface area contributed by atoms with E-state index in [1.54, 1.807) is 0 Å². The van der Waals surface area contributed by atoms with Crippen molar-refractivity contribution in [1.82, 2.24) is 5.32 Å². The predicted molar refractivity (Wildman–Crippen MR) is 137 cm³/mol. The predicted octanol–water partition coefficient (Wildman–Crippen LogP) is 6.11. The molecule has 3 aromatic rings. The number of amides is 1. The number of carboxylic acid groups (broad SMARTS) is 1. The summed E-state index contributed by atoms with van der Waals surface area (Å²) >= 11 is 0. The number of benzene rings is 3. The standard InChI is InChI=1S/C30H31NO5/c1-2-35-22-13-11-20(12-14-22)21-15-17-30(18-16-21,28(32)33)31-29(34)36-19-27-25-9-5-3-7-23(25)24-8-4-6-10-26(24)27/h3-14,21,27H,2,15-19H2,1H3,(H,31,34)(H,32,33)/t21-,30+. The summed E-state index contributed by atoms with van der Waals surface area (Å²) in [6.07, 6.45) is 1.36. The van der Waals surface area contributed by atoms with Crippen molar-refractivity contribution >= 4 is 12.1 Å². The fourth-order valence-corrected chi connectivity index (χ4v) is 5.67. The number of hydrogen-bond donors (Lipinski definition) is 2. The van der Waals surface area contributed by atoms with Gasteiger partial charge in [0.05, 0.1) is 6.61 Å². The van der Waals surface area contributed by atoms with Gasteiger partial charge in [-0.3, -0.25) is 0 Å². The topological polar surface area (TPSA) is 84.9 Å². The van der Waals surface area contributed by atoms with E-state index in [2.05, 4.69) is 29.6 Å². The molecule has 6 nitrogen and oxygen atoms in total. The molecular weight excluding hydrogens is 454 g/mol. The average molecular weight is 486 g/mol. The molecule has 0 saturated heterocycles. The fourth-order valence-electron chi connectivity index (χ4n) is 5.67. The van der Waals surface area contributed by atoms with Crippen molar-refractivity contribution in [3.8, 4) is 16.9 Å². The van der Waals surface area contributed by atoms with E-state index in [1.165, 1.54) is 5.56 Å². The van der Waals surface area contributed by atoms with E-state index in [-0.39, 0.29) is 18.4 Å². The summed E-state index contributed by atoms with van der Waals surface area (Å²) in [7, 11) is 0. The van der Waals surface area contributed by atoms with Crippen molar-refractivity contribution in [3.05, 3.63) is 89.5 Å². The summed E-state index contributed by atoms with van der Waals surface area (Å²) in [6, 6.07) is 24.2. The number of carboxylic acids is 1. The van der Waals surface area contributed by atoms with Crippen LogP contribution in [-0.2, 0) is 9.53 Å². The van der Waals surface area contributed by atoms with Gasteiger partial charge in [0.1, 0.15) is 17.9 Å². The first-order valence-corrected chi connectivity index (χ1v) is 12.6. The Morgan fingerprint density at radius 2 is 1.50 bits per heavy atom. The average Bonchev–Trinajstić information content (AvgIpc) is 3.22. The normalized spacial score (nSPS) is 20.8. The van der Waals surface area contributed by atoms with Gasteiger partial charge in [-0.1, -0.05) is 60.7 Å². The molecule has 1 saturated carbocycles. The molecule has 0 atom stereocenters. The highest BCUT2D eigenvalue weighted by Crippen LogP contribution is 2.44. The van der Waals surface area contributed by atoms with Gasteiger partial charge in [-0.15, -0.1) is 0 Å². The van der Waals surface area contributed by atoms with E-state index < -0.39 is 17.6 Å². The molecule has 3 aromatic carbocycles. The maximum atomic E-state index is 12.8. The Balaban J connectivity index is 1.22. The molecule has 0 radical (unpaired) electrons. The zero-order valence-corrected chi connectivity index (χ0v) is 20.4. The third-order valence-corrected chi connectivity index (χ3v) is 7.60. The van der Waals surface area contributed by atoms with E-state index in [0.29, 0.717) is 32.3 Å². The van der Waals surface area contributed by atoms with Gasteiger partial charge in [-0.05, 0) is 78.5 Å². The second-order valence-corrected chi connectivity index (χ2v) is 9.61. The van der Waals surface area contributed by atoms with Crippen LogP contribution in [0.1, 0.15) is 61.1 Å². The lowest BCUT2D eigenvalue weighted by Gasteiger charge is -2.37. The van der Waals surface area contributed by atoms with Crippen LogP contribution in [0, 0.1) is 0 Å². The maximum Gasteiger partial charge on any atom is 0.408 e. The first-order chi connectivity index (χ1) is 17.5. The molecule has 0 bridgehead atoms. The lowest BCUT2D eigenvalue weighted by atomic mass is 9.74. The molecule has 6 heteroatoms. The van der Waals surface area contributed by atoms with Crippen molar-refractivity contribution < 1.29 is 24.2 Å². The van der Waals surface area contributed by atoms with Gasteiger partial charge in [0.2, 0.25) is 0 Å². The summed E-state index contributed by atoms with van der Waals surface area (Å²) in [6.45, 7) is 2.72. The van der Waals surface area contributed by atoms with E-state index in [1.807, 2.05) is 55.5 Å². The quantitative estimate of drug-likeness (QED) is 0.422. The number of ether oxygens (including phenoxy) is 2. The van der Waals surface area contributed by atoms with Crippen molar-refractivity contribution in [2.45, 2.75) is 50.0 Å². The van der Waals surface area contributed by atoms with Crippen LogP contribution >= 0.6 is 0 Å². The van der Waals surface area contributed by atoms with Crippen molar-refractivity contribution in [2.75, 3.05) is 13.2 Å². The number of rotatable bonds is 7. The molecule has 0 spiro atoms. The summed E-state index contributed by atoms with van der Waals surface area (Å²) < 4.78 is 11.2. The van der Waals surface area contributed by atoms with Crippen LogP contribution in [0.3, 0.4) is 0 Å². The minimum absolute atomic E-state index is 0.0701. The first kappa shape index (κ1) is 23.9. The molecule has 2 aliphatic rings. The molecule has 36 heavy (non-hydrogen) atoms. The smallest absolute Gasteiger partial charge is 0.408 e. The van der Waals surface area contributed by atoms with E-state index in [0.717, 1.165) is 28.0 Å². The van der Waals surface area contributed by atoms with Crippen LogP contribution in [0.4, 0.5) is 4.79 Å². The zero-order valence-electron chi connectivity index (χ0n) is 20.4. The number of carbonyl (C=O) groups is 2. The molecule has 1 fully saturated rings. The Hall–Kier alpha value is -3.80. The second kappa shape index (κ2) is 10.1. The number of carbonyl (C=O) groups excluding carboxylic acids is 1. The van der Waals surface area contributed by atoms with Gasteiger partial charge in [-0.2, -0.15) is 0 Å². The van der Waals surface area contributed by atoms with Crippen LogP contribution in [-0.4, -0.2) is 35.9 Å². The van der Waals surface area contributed by atoms with Crippen molar-refractivity contribution in [3.63, 3.8) is 0 Å². The molecule has 0 heterocycles. The Kier molecular flexibility index (Phi) is 6.68. The lowest BCUT2D eigenvalue weighted by molar-refractivity contribution is -0.146. The lowest BCUT2D eigenvalue weighted by Crippen LogP contribution is -2.56. The highest BCUT2D eigenvalue weighted by atomic mass is 16.5. The van der Waals surface area contributed by atoms with Crippen molar-refractivity contribution in [2.24, 2.45) is 0 Å². The largest absolute Gasteiger partial charge is 0.494 e. The van der Waals surface area contributed by atoms with E-state index in [9.17, 15) is 14.7 Å². The molecule has 186 valence electrons. The Bertz CT molecular complexity index is 1200. The number of nitrogens with one attached hydrogen (secondary N) is 1. The highest BCUT2D eigenvalue weighted by Gasteiger charge is 2.44. The highest BCUT2D eigenvalue weighted by molar-refractivity contribution is 5.85. The molecule has 0 aliphatic heterocycles. The van der Waals surface area contributed by atoms with Crippen LogP contribution in [0.15, 0.2) is 72.8 Å². The number of aliphatic carboxylic acids is 1. The number of alkyl carbamates (subject to hydrolysis) is 1. The van der Waals surface area contributed by atoms with Crippen molar-refractivity contribution in [1.29, 1.82) is 0 Å². The number of hydrogen-bond acceptors (Lipinski definition) is 4. The SMILES string of the molecule is CCOc1ccc([C@H]2CC[C@](NC(=O)OCC3c4ccccc4-c4ccccc43)(C(=O)O)CC2)cc1. The molecule has 2 aliphatic carbocycles. The van der Waals surface area contributed by atoms with E-state index >= 15 is 0 Å². The summed E-state index contributed by atoms with van der Waals surface area (Å²) in [4.78, 5) is 25.1.